The van der Waals surface area contributed by atoms with E-state index in [1.165, 1.54) is 18.3 Å². The Hall–Kier alpha value is -3.23. The van der Waals surface area contributed by atoms with Crippen LogP contribution in [0.25, 0.3) is 10.9 Å². The van der Waals surface area contributed by atoms with Gasteiger partial charge < -0.3 is 30.2 Å². The fraction of sp³-hybridized carbons (Fsp3) is 0.292. The number of thiocarbonyl (C=S) groups is 1. The Morgan fingerprint density at radius 1 is 1.29 bits per heavy atom. The molecule has 11 heteroatoms. The van der Waals surface area contributed by atoms with Crippen molar-refractivity contribution in [3.05, 3.63) is 58.5 Å². The third-order valence-corrected chi connectivity index (χ3v) is 5.95. The Balaban J connectivity index is 1.55. The molecular weight excluding hydrogens is 493 g/mol. The molecule has 2 heterocycles. The lowest BCUT2D eigenvalue weighted by Gasteiger charge is -2.17. The molecule has 3 aromatic rings. The Bertz CT molecular complexity index is 1280. The van der Waals surface area contributed by atoms with Crippen LogP contribution in [-0.2, 0) is 16.0 Å². The van der Waals surface area contributed by atoms with E-state index in [2.05, 4.69) is 27.0 Å². The predicted molar refractivity (Wildman–Crippen MR) is 135 cm³/mol. The smallest absolute Gasteiger partial charge is 0.166 e. The highest BCUT2D eigenvalue weighted by atomic mass is 35.5. The van der Waals surface area contributed by atoms with Crippen LogP contribution in [-0.4, -0.2) is 43.3 Å². The summed E-state index contributed by atoms with van der Waals surface area (Å²) in [5.74, 6) is 0.0943. The Morgan fingerprint density at radius 3 is 2.80 bits per heavy atom. The van der Waals surface area contributed by atoms with Crippen LogP contribution in [0.3, 0.4) is 0 Å². The number of anilines is 2. The first kappa shape index (κ1) is 24.9. The standard InChI is InChI=1S/C24H23ClFN5O3S/c1-32-21-10-20-17(8-14(21)12-30-24(35)28-5-4-22-33-6-7-34-22)23(15(11-27)13-29-20)31-16-2-3-19(26)18(25)9-16/h2-3,8-10,13,22H,4-7,12H2,1H3,(H,29,31)(H2,28,30,35). The molecule has 0 spiro atoms. The molecular formula is C24H23ClFN5O3S. The van der Waals surface area contributed by atoms with Gasteiger partial charge in [0.25, 0.3) is 0 Å². The maximum Gasteiger partial charge on any atom is 0.166 e. The first-order valence-corrected chi connectivity index (χ1v) is 11.6. The molecule has 35 heavy (non-hydrogen) atoms. The third kappa shape index (κ3) is 6.07. The summed E-state index contributed by atoms with van der Waals surface area (Å²) in [5, 5.41) is 20.3. The summed E-state index contributed by atoms with van der Waals surface area (Å²) in [6, 6.07) is 10.1. The number of hydrogen-bond acceptors (Lipinski definition) is 7. The minimum absolute atomic E-state index is 0.0227. The first-order valence-electron chi connectivity index (χ1n) is 10.8. The molecule has 0 aliphatic carbocycles. The largest absolute Gasteiger partial charge is 0.496 e. The topological polar surface area (TPSA) is 100 Å². The number of nitriles is 1. The van der Waals surface area contributed by atoms with Crippen molar-refractivity contribution in [2.45, 2.75) is 19.3 Å². The number of methoxy groups -OCH3 is 1. The number of pyridine rings is 1. The average Bonchev–Trinajstić information content (AvgIpc) is 3.38. The minimum Gasteiger partial charge on any atom is -0.496 e. The molecule has 1 fully saturated rings. The van der Waals surface area contributed by atoms with Crippen LogP contribution >= 0.6 is 23.8 Å². The molecule has 0 bridgehead atoms. The number of benzene rings is 2. The van der Waals surface area contributed by atoms with Gasteiger partial charge in [-0.1, -0.05) is 11.6 Å². The van der Waals surface area contributed by atoms with Crippen LogP contribution in [0.15, 0.2) is 36.5 Å². The van der Waals surface area contributed by atoms with E-state index in [1.807, 2.05) is 6.07 Å². The molecule has 0 atom stereocenters. The van der Waals surface area contributed by atoms with Crippen LogP contribution in [0.1, 0.15) is 17.5 Å². The Morgan fingerprint density at radius 2 is 2.09 bits per heavy atom. The average molecular weight is 516 g/mol. The summed E-state index contributed by atoms with van der Waals surface area (Å²) < 4.78 is 30.0. The Labute approximate surface area is 212 Å². The SMILES string of the molecule is COc1cc2ncc(C#N)c(Nc3ccc(F)c(Cl)c3)c2cc1CNC(=S)NCCC1OCCO1. The van der Waals surface area contributed by atoms with Gasteiger partial charge in [0.2, 0.25) is 0 Å². The summed E-state index contributed by atoms with van der Waals surface area (Å²) in [6.45, 7) is 2.21. The number of halogens is 2. The molecule has 0 radical (unpaired) electrons. The molecule has 4 rings (SSSR count). The van der Waals surface area contributed by atoms with Gasteiger partial charge in [-0.3, -0.25) is 4.98 Å². The van der Waals surface area contributed by atoms with Gasteiger partial charge in [0.05, 0.1) is 42.1 Å². The number of fused-ring (bicyclic) bond motifs is 1. The van der Waals surface area contributed by atoms with Crippen molar-refractivity contribution >= 4 is 51.2 Å². The molecule has 0 saturated carbocycles. The highest BCUT2D eigenvalue weighted by Crippen LogP contribution is 2.34. The van der Waals surface area contributed by atoms with E-state index in [0.717, 1.165) is 5.56 Å². The molecule has 1 aromatic heterocycles. The van der Waals surface area contributed by atoms with E-state index in [4.69, 9.17) is 38.0 Å². The zero-order chi connectivity index (χ0) is 24.8. The van der Waals surface area contributed by atoms with Crippen molar-refractivity contribution in [3.63, 3.8) is 0 Å². The molecule has 1 aliphatic heterocycles. The number of ether oxygens (including phenoxy) is 3. The lowest BCUT2D eigenvalue weighted by atomic mass is 10.0. The van der Waals surface area contributed by atoms with E-state index >= 15 is 0 Å². The summed E-state index contributed by atoms with van der Waals surface area (Å²) in [4.78, 5) is 4.40. The third-order valence-electron chi connectivity index (χ3n) is 5.38. The van der Waals surface area contributed by atoms with E-state index < -0.39 is 5.82 Å². The summed E-state index contributed by atoms with van der Waals surface area (Å²) in [6.07, 6.45) is 1.96. The number of aromatic nitrogens is 1. The highest BCUT2D eigenvalue weighted by molar-refractivity contribution is 7.80. The number of nitrogens with one attached hydrogen (secondary N) is 3. The summed E-state index contributed by atoms with van der Waals surface area (Å²) in [5.41, 5.74) is 2.83. The maximum absolute atomic E-state index is 13.6. The van der Waals surface area contributed by atoms with Crippen LogP contribution in [0, 0.1) is 17.1 Å². The maximum atomic E-state index is 13.6. The van der Waals surface area contributed by atoms with Crippen molar-refractivity contribution in [1.29, 1.82) is 5.26 Å². The van der Waals surface area contributed by atoms with Crippen LogP contribution < -0.4 is 20.7 Å². The normalized spacial score (nSPS) is 13.4. The van der Waals surface area contributed by atoms with Gasteiger partial charge in [-0.15, -0.1) is 0 Å². The zero-order valence-corrected chi connectivity index (χ0v) is 20.4. The first-order chi connectivity index (χ1) is 17.0. The second-order valence-corrected chi connectivity index (χ2v) is 8.48. The molecule has 3 N–H and O–H groups in total. The van der Waals surface area contributed by atoms with Gasteiger partial charge in [0.1, 0.15) is 17.6 Å². The van der Waals surface area contributed by atoms with Crippen molar-refractivity contribution in [3.8, 4) is 11.8 Å². The number of nitrogens with zero attached hydrogens (tertiary/aromatic N) is 2. The van der Waals surface area contributed by atoms with Crippen LogP contribution in [0.4, 0.5) is 15.8 Å². The van der Waals surface area contributed by atoms with Crippen molar-refractivity contribution in [2.24, 2.45) is 0 Å². The fourth-order valence-corrected chi connectivity index (χ4v) is 4.00. The molecule has 1 aliphatic rings. The fourth-order valence-electron chi connectivity index (χ4n) is 3.65. The zero-order valence-electron chi connectivity index (χ0n) is 18.9. The Kier molecular flexibility index (Phi) is 8.15. The van der Waals surface area contributed by atoms with E-state index in [1.54, 1.807) is 19.2 Å². The predicted octanol–water partition coefficient (Wildman–Crippen LogP) is 4.38. The van der Waals surface area contributed by atoms with E-state index in [9.17, 15) is 9.65 Å². The second-order valence-electron chi connectivity index (χ2n) is 7.66. The lowest BCUT2D eigenvalue weighted by molar-refractivity contribution is -0.0452. The highest BCUT2D eigenvalue weighted by Gasteiger charge is 2.16. The van der Waals surface area contributed by atoms with Gasteiger partial charge in [-0.05, 0) is 36.5 Å². The van der Waals surface area contributed by atoms with Crippen molar-refractivity contribution in [1.82, 2.24) is 15.6 Å². The van der Waals surface area contributed by atoms with E-state index in [0.29, 0.717) is 71.4 Å². The summed E-state index contributed by atoms with van der Waals surface area (Å²) >= 11 is 11.3. The van der Waals surface area contributed by atoms with Gasteiger partial charge in [-0.25, -0.2) is 4.39 Å². The molecule has 0 unspecified atom stereocenters. The monoisotopic (exact) mass is 515 g/mol. The minimum atomic E-state index is -0.525. The van der Waals surface area contributed by atoms with Gasteiger partial charge >= 0.3 is 0 Å². The van der Waals surface area contributed by atoms with Crippen LogP contribution in [0.2, 0.25) is 5.02 Å². The quantitative estimate of drug-likeness (QED) is 0.377. The lowest BCUT2D eigenvalue weighted by Crippen LogP contribution is -2.36. The molecule has 8 nitrogen and oxygen atoms in total. The van der Waals surface area contributed by atoms with Crippen molar-refractivity contribution in [2.75, 3.05) is 32.2 Å². The molecule has 1 saturated heterocycles. The molecule has 182 valence electrons. The van der Waals surface area contributed by atoms with Crippen molar-refractivity contribution < 1.29 is 18.6 Å². The summed E-state index contributed by atoms with van der Waals surface area (Å²) in [7, 11) is 1.58. The molecule has 0 amide bonds. The van der Waals surface area contributed by atoms with Gasteiger partial charge in [-0.2, -0.15) is 5.26 Å². The second kappa shape index (κ2) is 11.5. The van der Waals surface area contributed by atoms with Gasteiger partial charge in [0.15, 0.2) is 11.4 Å². The van der Waals surface area contributed by atoms with Crippen LogP contribution in [0.5, 0.6) is 5.75 Å². The van der Waals surface area contributed by atoms with Gasteiger partial charge in [0, 0.05) is 48.4 Å². The molecule has 2 aromatic carbocycles. The number of hydrogen-bond donors (Lipinski definition) is 3. The van der Waals surface area contributed by atoms with E-state index in [-0.39, 0.29) is 11.3 Å². The number of rotatable bonds is 8.